The van der Waals surface area contributed by atoms with E-state index in [9.17, 15) is 4.79 Å². The van der Waals surface area contributed by atoms with Gasteiger partial charge in [-0.2, -0.15) is 0 Å². The van der Waals surface area contributed by atoms with E-state index in [-0.39, 0.29) is 5.91 Å². The molecule has 0 radical (unpaired) electrons. The van der Waals surface area contributed by atoms with Crippen LogP contribution in [0.1, 0.15) is 6.92 Å². The Morgan fingerprint density at radius 3 is 2.67 bits per heavy atom. The van der Waals surface area contributed by atoms with Crippen LogP contribution in [0.3, 0.4) is 0 Å². The lowest BCUT2D eigenvalue weighted by Crippen LogP contribution is -2.23. The Morgan fingerprint density at radius 2 is 2.25 bits per heavy atom. The normalized spacial score (nSPS) is 9.58. The van der Waals surface area contributed by atoms with Crippen LogP contribution in [-0.4, -0.2) is 17.9 Å². The van der Waals surface area contributed by atoms with Gasteiger partial charge >= 0.3 is 0 Å². The molecule has 12 heavy (non-hydrogen) atoms. The Kier molecular flexibility index (Phi) is 2.65. The Bertz CT molecular complexity index is 284. The highest BCUT2D eigenvalue weighted by Gasteiger charge is 2.05. The largest absolute Gasteiger partial charge is 0.300 e. The number of hydrogen-bond acceptors (Lipinski definition) is 2. The molecule has 0 bridgehead atoms. The fourth-order valence-electron chi connectivity index (χ4n) is 0.728. The van der Waals surface area contributed by atoms with Gasteiger partial charge in [-0.15, -0.1) is 0 Å². The average molecular weight is 185 g/mol. The number of aromatic nitrogens is 1. The molecule has 64 valence electrons. The SMILES string of the molecule is CC(=O)N(C)c1ccc(Cl)cn1. The Balaban J connectivity index is 2.89. The van der Waals surface area contributed by atoms with Gasteiger partial charge in [-0.25, -0.2) is 4.98 Å². The number of carbonyl (C=O) groups is 1. The number of hydrogen-bond donors (Lipinski definition) is 0. The van der Waals surface area contributed by atoms with Crippen LogP contribution in [-0.2, 0) is 4.79 Å². The molecule has 1 rings (SSSR count). The zero-order valence-corrected chi connectivity index (χ0v) is 7.67. The monoisotopic (exact) mass is 184 g/mol. The van der Waals surface area contributed by atoms with Crippen molar-refractivity contribution in [3.05, 3.63) is 23.4 Å². The Hall–Kier alpha value is -1.09. The van der Waals surface area contributed by atoms with Gasteiger partial charge in [0.15, 0.2) is 0 Å². The summed E-state index contributed by atoms with van der Waals surface area (Å²) in [7, 11) is 1.67. The van der Waals surface area contributed by atoms with Crippen molar-refractivity contribution in [2.45, 2.75) is 6.92 Å². The predicted molar refractivity (Wildman–Crippen MR) is 48.3 cm³/mol. The third kappa shape index (κ3) is 1.95. The zero-order valence-electron chi connectivity index (χ0n) is 6.91. The first kappa shape index (κ1) is 9.00. The maximum absolute atomic E-state index is 10.9. The average Bonchev–Trinajstić information content (AvgIpc) is 2.04. The van der Waals surface area contributed by atoms with Gasteiger partial charge in [-0.05, 0) is 12.1 Å². The van der Waals surface area contributed by atoms with Crippen LogP contribution in [0.15, 0.2) is 18.3 Å². The van der Waals surface area contributed by atoms with Crippen LogP contribution in [0, 0.1) is 0 Å². The fraction of sp³-hybridized carbons (Fsp3) is 0.250. The number of halogens is 1. The fourth-order valence-corrected chi connectivity index (χ4v) is 0.840. The summed E-state index contributed by atoms with van der Waals surface area (Å²) < 4.78 is 0. The predicted octanol–water partition coefficient (Wildman–Crippen LogP) is 1.72. The summed E-state index contributed by atoms with van der Waals surface area (Å²) in [6.45, 7) is 1.48. The molecule has 0 spiro atoms. The first-order chi connectivity index (χ1) is 5.61. The third-order valence-electron chi connectivity index (χ3n) is 1.53. The number of pyridine rings is 1. The molecule has 1 amide bonds. The van der Waals surface area contributed by atoms with Crippen LogP contribution < -0.4 is 4.90 Å². The van der Waals surface area contributed by atoms with Gasteiger partial charge in [-0.3, -0.25) is 4.79 Å². The second-order valence-corrected chi connectivity index (χ2v) is 2.85. The topological polar surface area (TPSA) is 33.2 Å². The lowest BCUT2D eigenvalue weighted by Gasteiger charge is -2.12. The van der Waals surface area contributed by atoms with Crippen LogP contribution >= 0.6 is 11.6 Å². The van der Waals surface area contributed by atoms with Gasteiger partial charge in [0.25, 0.3) is 0 Å². The molecule has 1 heterocycles. The molecular formula is C8H9ClN2O. The van der Waals surface area contributed by atoms with Crippen molar-refractivity contribution in [2.75, 3.05) is 11.9 Å². The van der Waals surface area contributed by atoms with E-state index in [1.165, 1.54) is 18.0 Å². The highest BCUT2D eigenvalue weighted by Crippen LogP contribution is 2.12. The molecule has 0 unspecified atom stereocenters. The summed E-state index contributed by atoms with van der Waals surface area (Å²) in [5, 5.41) is 0.565. The summed E-state index contributed by atoms with van der Waals surface area (Å²) >= 11 is 5.63. The summed E-state index contributed by atoms with van der Waals surface area (Å²) in [6, 6.07) is 3.40. The minimum atomic E-state index is -0.0511. The molecule has 3 nitrogen and oxygen atoms in total. The van der Waals surface area contributed by atoms with E-state index in [4.69, 9.17) is 11.6 Å². The van der Waals surface area contributed by atoms with Gasteiger partial charge in [0.05, 0.1) is 5.02 Å². The minimum Gasteiger partial charge on any atom is -0.300 e. The second-order valence-electron chi connectivity index (χ2n) is 2.41. The van der Waals surface area contributed by atoms with Gasteiger partial charge in [-0.1, -0.05) is 11.6 Å². The van der Waals surface area contributed by atoms with E-state index >= 15 is 0 Å². The molecule has 0 saturated heterocycles. The summed E-state index contributed by atoms with van der Waals surface area (Å²) in [4.78, 5) is 16.3. The van der Waals surface area contributed by atoms with E-state index in [1.807, 2.05) is 0 Å². The van der Waals surface area contributed by atoms with E-state index in [2.05, 4.69) is 4.98 Å². The summed E-state index contributed by atoms with van der Waals surface area (Å²) in [6.07, 6.45) is 1.51. The van der Waals surface area contributed by atoms with E-state index < -0.39 is 0 Å². The molecular weight excluding hydrogens is 176 g/mol. The highest BCUT2D eigenvalue weighted by atomic mass is 35.5. The first-order valence-electron chi connectivity index (χ1n) is 3.47. The van der Waals surface area contributed by atoms with Crippen molar-refractivity contribution < 1.29 is 4.79 Å². The van der Waals surface area contributed by atoms with Gasteiger partial charge in [0.2, 0.25) is 5.91 Å². The van der Waals surface area contributed by atoms with Crippen molar-refractivity contribution in [2.24, 2.45) is 0 Å². The van der Waals surface area contributed by atoms with Crippen molar-refractivity contribution in [3.8, 4) is 0 Å². The van der Waals surface area contributed by atoms with E-state index in [1.54, 1.807) is 19.2 Å². The third-order valence-corrected chi connectivity index (χ3v) is 1.75. The van der Waals surface area contributed by atoms with Crippen LogP contribution in [0.4, 0.5) is 5.82 Å². The number of anilines is 1. The molecule has 0 N–H and O–H groups in total. The molecule has 1 aromatic rings. The smallest absolute Gasteiger partial charge is 0.224 e. The van der Waals surface area contributed by atoms with E-state index in [0.717, 1.165) is 0 Å². The second kappa shape index (κ2) is 3.54. The number of rotatable bonds is 1. The lowest BCUT2D eigenvalue weighted by atomic mass is 10.4. The highest BCUT2D eigenvalue weighted by molar-refractivity contribution is 6.30. The molecule has 0 saturated carbocycles. The molecule has 0 aromatic carbocycles. The number of nitrogens with zero attached hydrogens (tertiary/aromatic N) is 2. The van der Waals surface area contributed by atoms with Crippen LogP contribution in [0.25, 0.3) is 0 Å². The maximum Gasteiger partial charge on any atom is 0.224 e. The van der Waals surface area contributed by atoms with E-state index in [0.29, 0.717) is 10.8 Å². The van der Waals surface area contributed by atoms with Crippen molar-refractivity contribution in [1.29, 1.82) is 0 Å². The van der Waals surface area contributed by atoms with Crippen LogP contribution in [0.2, 0.25) is 5.02 Å². The number of carbonyl (C=O) groups excluding carboxylic acids is 1. The molecule has 0 atom stereocenters. The maximum atomic E-state index is 10.9. The Morgan fingerprint density at radius 1 is 1.58 bits per heavy atom. The zero-order chi connectivity index (χ0) is 9.14. The molecule has 4 heteroatoms. The molecule has 0 aliphatic carbocycles. The van der Waals surface area contributed by atoms with Crippen molar-refractivity contribution >= 4 is 23.3 Å². The van der Waals surface area contributed by atoms with Crippen molar-refractivity contribution in [1.82, 2.24) is 4.98 Å². The van der Waals surface area contributed by atoms with Crippen LogP contribution in [0.5, 0.6) is 0 Å². The molecule has 1 aromatic heterocycles. The molecule has 0 aliphatic rings. The quantitative estimate of drug-likeness (QED) is 0.666. The molecule has 0 fully saturated rings. The van der Waals surface area contributed by atoms with Gasteiger partial charge in [0, 0.05) is 20.2 Å². The summed E-state index contributed by atoms with van der Waals surface area (Å²) in [5.41, 5.74) is 0. The Labute approximate surface area is 76.0 Å². The molecule has 0 aliphatic heterocycles. The first-order valence-corrected chi connectivity index (χ1v) is 3.85. The van der Waals surface area contributed by atoms with Gasteiger partial charge < -0.3 is 4.90 Å². The van der Waals surface area contributed by atoms with Gasteiger partial charge in [0.1, 0.15) is 5.82 Å². The van der Waals surface area contributed by atoms with Crippen molar-refractivity contribution in [3.63, 3.8) is 0 Å². The summed E-state index contributed by atoms with van der Waals surface area (Å²) in [5.74, 6) is 0.553. The lowest BCUT2D eigenvalue weighted by molar-refractivity contribution is -0.116. The number of amides is 1. The standard InChI is InChI=1S/C8H9ClN2O/c1-6(12)11(2)8-4-3-7(9)5-10-8/h3-5H,1-2H3. The minimum absolute atomic E-state index is 0.0511.